The van der Waals surface area contributed by atoms with Crippen LogP contribution in [0, 0.1) is 5.92 Å². The van der Waals surface area contributed by atoms with Gasteiger partial charge in [0.25, 0.3) is 0 Å². The maximum Gasteiger partial charge on any atom is 0.0366 e. The van der Waals surface area contributed by atoms with E-state index in [2.05, 4.69) is 135 Å². The average molecular weight is 479 g/mol. The molecule has 0 bridgehead atoms. The minimum atomic E-state index is 0.352. The van der Waals surface area contributed by atoms with Crippen LogP contribution in [0.4, 0.5) is 5.69 Å². The van der Waals surface area contributed by atoms with Crippen LogP contribution in [0.2, 0.25) is 0 Å². The summed E-state index contributed by atoms with van der Waals surface area (Å²) in [5, 5.41) is 0. The van der Waals surface area contributed by atoms with Gasteiger partial charge in [-0.15, -0.1) is 0 Å². The van der Waals surface area contributed by atoms with Crippen molar-refractivity contribution >= 4 is 16.8 Å². The van der Waals surface area contributed by atoms with Crippen molar-refractivity contribution < 1.29 is 0 Å². The Morgan fingerprint density at radius 2 is 1.47 bits per heavy atom. The van der Waals surface area contributed by atoms with Gasteiger partial charge in [-0.05, 0) is 79.8 Å². The van der Waals surface area contributed by atoms with Crippen molar-refractivity contribution in [2.75, 3.05) is 31.1 Å². The van der Waals surface area contributed by atoms with Gasteiger partial charge in [0, 0.05) is 30.7 Å². The summed E-state index contributed by atoms with van der Waals surface area (Å²) in [6.45, 7) is 13.2. The second-order valence-corrected chi connectivity index (χ2v) is 9.57. The maximum absolute atomic E-state index is 2.54. The fraction of sp³-hybridized carbons (Fsp3) is 0.353. The van der Waals surface area contributed by atoms with Gasteiger partial charge in [0.05, 0.1) is 0 Å². The zero-order valence-electron chi connectivity index (χ0n) is 22.5. The second-order valence-electron chi connectivity index (χ2n) is 9.57. The third-order valence-electron chi connectivity index (χ3n) is 7.64. The predicted molar refractivity (Wildman–Crippen MR) is 158 cm³/mol. The van der Waals surface area contributed by atoms with Crippen LogP contribution in [-0.2, 0) is 0 Å². The lowest BCUT2D eigenvalue weighted by Crippen LogP contribution is -2.34. The maximum atomic E-state index is 2.54. The minimum Gasteiger partial charge on any atom is -0.372 e. The SMILES string of the molecule is CCN(CC)c1ccc(/C(C2=CCC(N(CC)CC)C=C2)=C(\c2ccccc2)C2C=CC=CC2)cc1. The summed E-state index contributed by atoms with van der Waals surface area (Å²) in [6.07, 6.45) is 18.4. The Morgan fingerprint density at radius 1 is 0.750 bits per heavy atom. The zero-order valence-corrected chi connectivity index (χ0v) is 22.5. The molecule has 2 unspecified atom stereocenters. The summed E-state index contributed by atoms with van der Waals surface area (Å²) in [5.41, 5.74) is 8.03. The van der Waals surface area contributed by atoms with Crippen LogP contribution in [-0.4, -0.2) is 37.1 Å². The number of hydrogen-bond donors (Lipinski definition) is 0. The Bertz CT molecular complexity index is 1120. The molecule has 0 heterocycles. The van der Waals surface area contributed by atoms with E-state index in [1.165, 1.54) is 33.5 Å². The summed E-state index contributed by atoms with van der Waals surface area (Å²) < 4.78 is 0. The number of likely N-dealkylation sites (N-methyl/N-ethyl adjacent to an activating group) is 1. The van der Waals surface area contributed by atoms with E-state index < -0.39 is 0 Å². The van der Waals surface area contributed by atoms with Crippen molar-refractivity contribution in [2.24, 2.45) is 5.92 Å². The largest absolute Gasteiger partial charge is 0.372 e. The van der Waals surface area contributed by atoms with Crippen molar-refractivity contribution in [1.29, 1.82) is 0 Å². The van der Waals surface area contributed by atoms with E-state index in [0.29, 0.717) is 12.0 Å². The minimum absolute atomic E-state index is 0.352. The topological polar surface area (TPSA) is 6.48 Å². The molecule has 0 amide bonds. The van der Waals surface area contributed by atoms with Crippen LogP contribution in [0.25, 0.3) is 11.1 Å². The Balaban J connectivity index is 1.86. The Hall–Kier alpha value is -3.10. The molecule has 2 heteroatoms. The smallest absolute Gasteiger partial charge is 0.0366 e. The molecular formula is C34H42N2. The molecule has 2 aliphatic rings. The molecule has 0 N–H and O–H groups in total. The van der Waals surface area contributed by atoms with Gasteiger partial charge in [-0.25, -0.2) is 0 Å². The van der Waals surface area contributed by atoms with Gasteiger partial charge in [0.15, 0.2) is 0 Å². The summed E-state index contributed by atoms with van der Waals surface area (Å²) in [6, 6.07) is 20.7. The first kappa shape index (κ1) is 26.0. The molecule has 0 spiro atoms. The molecule has 2 aromatic carbocycles. The predicted octanol–water partition coefficient (Wildman–Crippen LogP) is 8.17. The van der Waals surface area contributed by atoms with Crippen molar-refractivity contribution in [3.8, 4) is 0 Å². The number of anilines is 1. The van der Waals surface area contributed by atoms with Crippen LogP contribution in [0.5, 0.6) is 0 Å². The van der Waals surface area contributed by atoms with Gasteiger partial charge in [-0.3, -0.25) is 4.90 Å². The second kappa shape index (κ2) is 12.7. The molecule has 0 saturated carbocycles. The van der Waals surface area contributed by atoms with Gasteiger partial charge < -0.3 is 4.90 Å². The molecule has 0 aromatic heterocycles. The zero-order chi connectivity index (χ0) is 25.3. The van der Waals surface area contributed by atoms with Crippen molar-refractivity contribution in [3.63, 3.8) is 0 Å². The first-order valence-corrected chi connectivity index (χ1v) is 13.8. The quantitative estimate of drug-likeness (QED) is 0.318. The van der Waals surface area contributed by atoms with E-state index >= 15 is 0 Å². The molecule has 4 rings (SSSR count). The highest BCUT2D eigenvalue weighted by molar-refractivity contribution is 6.01. The molecule has 2 aromatic rings. The third kappa shape index (κ3) is 5.82. The molecule has 2 nitrogen and oxygen atoms in total. The van der Waals surface area contributed by atoms with Crippen LogP contribution in [0.15, 0.2) is 103 Å². The van der Waals surface area contributed by atoms with Crippen LogP contribution < -0.4 is 4.90 Å². The number of nitrogens with zero attached hydrogens (tertiary/aromatic N) is 2. The molecule has 188 valence electrons. The monoisotopic (exact) mass is 478 g/mol. The molecule has 2 atom stereocenters. The number of benzene rings is 2. The highest BCUT2D eigenvalue weighted by Crippen LogP contribution is 2.41. The Kier molecular flexibility index (Phi) is 9.19. The highest BCUT2D eigenvalue weighted by Gasteiger charge is 2.24. The van der Waals surface area contributed by atoms with E-state index in [1.54, 1.807) is 0 Å². The summed E-state index contributed by atoms with van der Waals surface area (Å²) in [5.74, 6) is 0.352. The summed E-state index contributed by atoms with van der Waals surface area (Å²) >= 11 is 0. The molecule has 36 heavy (non-hydrogen) atoms. The number of allylic oxidation sites excluding steroid dienone is 8. The lowest BCUT2D eigenvalue weighted by atomic mass is 9.79. The van der Waals surface area contributed by atoms with Gasteiger partial charge in [0.2, 0.25) is 0 Å². The van der Waals surface area contributed by atoms with E-state index in [1.807, 2.05) is 0 Å². The molecular weight excluding hydrogens is 436 g/mol. The molecule has 0 saturated heterocycles. The van der Waals surface area contributed by atoms with E-state index in [-0.39, 0.29) is 0 Å². The lowest BCUT2D eigenvalue weighted by molar-refractivity contribution is 0.254. The third-order valence-corrected chi connectivity index (χ3v) is 7.64. The molecule has 0 radical (unpaired) electrons. The van der Waals surface area contributed by atoms with E-state index in [0.717, 1.165) is 39.0 Å². The summed E-state index contributed by atoms with van der Waals surface area (Å²) in [7, 11) is 0. The normalized spacial score (nSPS) is 19.9. The Labute approximate surface area is 219 Å². The molecule has 2 aliphatic carbocycles. The number of rotatable bonds is 10. The molecule has 0 fully saturated rings. The standard InChI is InChI=1S/C34H42N2/c1-5-35(6-2)31-23-19-29(20-24-31)34(30-21-25-32(26-22-30)36(7-3)8-4)33(27-15-11-9-12-16-27)28-17-13-10-14-18-28/h9-17,19-25,28,32H,5-8,18,26H2,1-4H3/b34-33-. The fourth-order valence-corrected chi connectivity index (χ4v) is 5.62. The van der Waals surface area contributed by atoms with Gasteiger partial charge in [0.1, 0.15) is 0 Å². The van der Waals surface area contributed by atoms with E-state index in [9.17, 15) is 0 Å². The van der Waals surface area contributed by atoms with Crippen molar-refractivity contribution in [1.82, 2.24) is 4.90 Å². The molecule has 0 aliphatic heterocycles. The lowest BCUT2D eigenvalue weighted by Gasteiger charge is -2.30. The van der Waals surface area contributed by atoms with E-state index in [4.69, 9.17) is 0 Å². The Morgan fingerprint density at radius 3 is 2.03 bits per heavy atom. The first-order chi connectivity index (χ1) is 17.7. The average Bonchev–Trinajstić information content (AvgIpc) is 2.95. The summed E-state index contributed by atoms with van der Waals surface area (Å²) in [4.78, 5) is 4.95. The number of hydrogen-bond acceptors (Lipinski definition) is 2. The van der Waals surface area contributed by atoms with Crippen LogP contribution >= 0.6 is 0 Å². The first-order valence-electron chi connectivity index (χ1n) is 13.8. The van der Waals surface area contributed by atoms with Crippen molar-refractivity contribution in [3.05, 3.63) is 114 Å². The van der Waals surface area contributed by atoms with Crippen LogP contribution in [0.3, 0.4) is 0 Å². The van der Waals surface area contributed by atoms with Gasteiger partial charge in [-0.1, -0.05) is 98.8 Å². The van der Waals surface area contributed by atoms with Crippen LogP contribution in [0.1, 0.15) is 51.7 Å². The fourth-order valence-electron chi connectivity index (χ4n) is 5.62. The van der Waals surface area contributed by atoms with Crippen molar-refractivity contribution in [2.45, 2.75) is 46.6 Å². The van der Waals surface area contributed by atoms with Gasteiger partial charge >= 0.3 is 0 Å². The van der Waals surface area contributed by atoms with Gasteiger partial charge in [-0.2, -0.15) is 0 Å². The highest BCUT2D eigenvalue weighted by atomic mass is 15.1.